The van der Waals surface area contributed by atoms with Gasteiger partial charge < -0.3 is 24.4 Å². The van der Waals surface area contributed by atoms with E-state index in [4.69, 9.17) is 14.2 Å². The second-order valence-electron chi connectivity index (χ2n) is 8.24. The maximum Gasteiger partial charge on any atom is 0.211 e. The molecule has 0 bridgehead atoms. The van der Waals surface area contributed by atoms with E-state index in [-0.39, 0.29) is 17.2 Å². The SMILES string of the molecule is CCCCCCOc1c(O)c(O)c(CC)c(OCCCCCC)c1OCCCCCC. The van der Waals surface area contributed by atoms with Gasteiger partial charge in [0.05, 0.1) is 19.8 Å². The predicted octanol–water partition coefficient (Wildman–Crippen LogP) is 7.54. The molecule has 2 N–H and O–H groups in total. The lowest BCUT2D eigenvalue weighted by Gasteiger charge is -2.22. The molecule has 0 saturated heterocycles. The first-order chi connectivity index (χ1) is 15.1. The number of unbranched alkanes of at least 4 members (excludes halogenated alkanes) is 9. The van der Waals surface area contributed by atoms with Crippen LogP contribution in [0.25, 0.3) is 0 Å². The normalized spacial score (nSPS) is 11.0. The molecule has 0 radical (unpaired) electrons. The van der Waals surface area contributed by atoms with E-state index in [0.717, 1.165) is 57.8 Å². The topological polar surface area (TPSA) is 68.2 Å². The van der Waals surface area contributed by atoms with Gasteiger partial charge in [-0.15, -0.1) is 0 Å². The molecule has 0 fully saturated rings. The second-order valence-corrected chi connectivity index (χ2v) is 8.24. The van der Waals surface area contributed by atoms with Gasteiger partial charge in [0, 0.05) is 5.56 Å². The quantitative estimate of drug-likeness (QED) is 0.172. The van der Waals surface area contributed by atoms with Crippen molar-refractivity contribution >= 4 is 0 Å². The molecule has 0 unspecified atom stereocenters. The fourth-order valence-corrected chi connectivity index (χ4v) is 3.56. The number of hydrogen-bond acceptors (Lipinski definition) is 5. The molecule has 0 aliphatic rings. The maximum absolute atomic E-state index is 10.7. The van der Waals surface area contributed by atoms with Gasteiger partial charge in [0.2, 0.25) is 17.2 Å². The van der Waals surface area contributed by atoms with Crippen LogP contribution in [-0.4, -0.2) is 30.0 Å². The third-order valence-electron chi connectivity index (χ3n) is 5.50. The van der Waals surface area contributed by atoms with Gasteiger partial charge in [-0.25, -0.2) is 0 Å². The number of hydrogen-bond donors (Lipinski definition) is 2. The Balaban J connectivity index is 3.08. The van der Waals surface area contributed by atoms with Crippen LogP contribution in [0.15, 0.2) is 0 Å². The Bertz CT molecular complexity index is 600. The third kappa shape index (κ3) is 9.49. The Kier molecular flexibility index (Phi) is 14.8. The van der Waals surface area contributed by atoms with Gasteiger partial charge in [-0.05, 0) is 25.7 Å². The van der Waals surface area contributed by atoms with Crippen molar-refractivity contribution in [1.29, 1.82) is 0 Å². The van der Waals surface area contributed by atoms with Gasteiger partial charge in [0.1, 0.15) is 0 Å². The summed E-state index contributed by atoms with van der Waals surface area (Å²) in [5.74, 6) is 0.774. The van der Waals surface area contributed by atoms with Crippen molar-refractivity contribution in [2.24, 2.45) is 0 Å². The molecule has 1 rings (SSSR count). The Morgan fingerprint density at radius 2 is 0.903 bits per heavy atom. The zero-order valence-corrected chi connectivity index (χ0v) is 20.4. The number of ether oxygens (including phenoxy) is 3. The average molecular weight is 439 g/mol. The molecule has 5 heteroatoms. The third-order valence-corrected chi connectivity index (χ3v) is 5.50. The Morgan fingerprint density at radius 3 is 1.32 bits per heavy atom. The number of phenols is 2. The first-order valence-electron chi connectivity index (χ1n) is 12.6. The van der Waals surface area contributed by atoms with Crippen LogP contribution in [0, 0.1) is 0 Å². The molecule has 0 aliphatic heterocycles. The highest BCUT2D eigenvalue weighted by Crippen LogP contribution is 2.53. The van der Waals surface area contributed by atoms with Gasteiger partial charge in [-0.3, -0.25) is 0 Å². The van der Waals surface area contributed by atoms with E-state index in [9.17, 15) is 10.2 Å². The predicted molar refractivity (Wildman–Crippen MR) is 128 cm³/mol. The zero-order chi connectivity index (χ0) is 22.9. The van der Waals surface area contributed by atoms with E-state index in [1.165, 1.54) is 19.3 Å². The largest absolute Gasteiger partial charge is 0.504 e. The summed E-state index contributed by atoms with van der Waals surface area (Å²) in [7, 11) is 0. The molecule has 180 valence electrons. The summed E-state index contributed by atoms with van der Waals surface area (Å²) in [5, 5.41) is 21.3. The minimum Gasteiger partial charge on any atom is -0.504 e. The summed E-state index contributed by atoms with van der Waals surface area (Å²) in [5.41, 5.74) is 0.579. The minimum atomic E-state index is -0.241. The van der Waals surface area contributed by atoms with Crippen LogP contribution >= 0.6 is 0 Å². The van der Waals surface area contributed by atoms with Crippen molar-refractivity contribution in [2.75, 3.05) is 19.8 Å². The van der Waals surface area contributed by atoms with Crippen LogP contribution in [0.3, 0.4) is 0 Å². The molecule has 0 aliphatic carbocycles. The molecule has 1 aromatic rings. The molecule has 31 heavy (non-hydrogen) atoms. The molecule has 0 amide bonds. The van der Waals surface area contributed by atoms with Gasteiger partial charge >= 0.3 is 0 Å². The van der Waals surface area contributed by atoms with E-state index in [0.29, 0.717) is 43.3 Å². The van der Waals surface area contributed by atoms with E-state index < -0.39 is 0 Å². The number of phenolic OH excluding ortho intramolecular Hbond substituents is 2. The van der Waals surface area contributed by atoms with Crippen LogP contribution < -0.4 is 14.2 Å². The Labute approximate surface area is 190 Å². The van der Waals surface area contributed by atoms with Crippen molar-refractivity contribution in [3.05, 3.63) is 5.56 Å². The number of benzene rings is 1. The molecule has 1 aromatic carbocycles. The lowest BCUT2D eigenvalue weighted by Crippen LogP contribution is -2.08. The van der Waals surface area contributed by atoms with Crippen LogP contribution in [0.5, 0.6) is 28.7 Å². The molecular weight excluding hydrogens is 392 g/mol. The van der Waals surface area contributed by atoms with Crippen LogP contribution in [0.4, 0.5) is 0 Å². The molecule has 5 nitrogen and oxygen atoms in total. The molecule has 0 atom stereocenters. The Hall–Kier alpha value is -1.78. The van der Waals surface area contributed by atoms with Crippen molar-refractivity contribution < 1.29 is 24.4 Å². The highest BCUT2D eigenvalue weighted by Gasteiger charge is 2.27. The van der Waals surface area contributed by atoms with Crippen molar-refractivity contribution in [3.8, 4) is 28.7 Å². The first kappa shape index (κ1) is 27.3. The molecule has 0 spiro atoms. The summed E-state index contributed by atoms with van der Waals surface area (Å²) in [6.45, 7) is 10.0. The van der Waals surface area contributed by atoms with E-state index in [1.54, 1.807) is 0 Å². The summed E-state index contributed by atoms with van der Waals surface area (Å²) >= 11 is 0. The number of aromatic hydroxyl groups is 2. The highest BCUT2D eigenvalue weighted by molar-refractivity contribution is 5.69. The van der Waals surface area contributed by atoms with Crippen LogP contribution in [0.1, 0.15) is 110 Å². The summed E-state index contributed by atoms with van der Waals surface area (Å²) in [6, 6.07) is 0. The molecule has 0 heterocycles. The van der Waals surface area contributed by atoms with Crippen LogP contribution in [-0.2, 0) is 6.42 Å². The number of rotatable bonds is 19. The summed E-state index contributed by atoms with van der Waals surface area (Å²) < 4.78 is 18.2. The lowest BCUT2D eigenvalue weighted by molar-refractivity contribution is 0.223. The van der Waals surface area contributed by atoms with Gasteiger partial charge in [-0.2, -0.15) is 0 Å². The monoisotopic (exact) mass is 438 g/mol. The van der Waals surface area contributed by atoms with E-state index >= 15 is 0 Å². The molecular formula is C26H46O5. The van der Waals surface area contributed by atoms with Crippen molar-refractivity contribution in [2.45, 2.75) is 111 Å². The zero-order valence-electron chi connectivity index (χ0n) is 20.4. The van der Waals surface area contributed by atoms with Gasteiger partial charge in [0.25, 0.3) is 0 Å². The smallest absolute Gasteiger partial charge is 0.211 e. The fourth-order valence-electron chi connectivity index (χ4n) is 3.56. The molecule has 0 saturated carbocycles. The average Bonchev–Trinajstić information content (AvgIpc) is 2.77. The molecule has 0 aromatic heterocycles. The van der Waals surface area contributed by atoms with Gasteiger partial charge in [-0.1, -0.05) is 85.5 Å². The summed E-state index contributed by atoms with van der Waals surface area (Å²) in [6.07, 6.45) is 13.6. The van der Waals surface area contributed by atoms with E-state index in [2.05, 4.69) is 20.8 Å². The summed E-state index contributed by atoms with van der Waals surface area (Å²) in [4.78, 5) is 0. The minimum absolute atomic E-state index is 0.159. The van der Waals surface area contributed by atoms with Crippen LogP contribution in [0.2, 0.25) is 0 Å². The van der Waals surface area contributed by atoms with Crippen molar-refractivity contribution in [3.63, 3.8) is 0 Å². The maximum atomic E-state index is 10.7. The van der Waals surface area contributed by atoms with Crippen molar-refractivity contribution in [1.82, 2.24) is 0 Å². The highest BCUT2D eigenvalue weighted by atomic mass is 16.5. The fraction of sp³-hybridized carbons (Fsp3) is 0.769. The van der Waals surface area contributed by atoms with Gasteiger partial charge in [0.15, 0.2) is 11.5 Å². The lowest BCUT2D eigenvalue weighted by atomic mass is 10.1. The first-order valence-corrected chi connectivity index (χ1v) is 12.6. The Morgan fingerprint density at radius 1 is 0.484 bits per heavy atom. The second kappa shape index (κ2) is 16.9. The van der Waals surface area contributed by atoms with E-state index in [1.807, 2.05) is 6.92 Å². The standard InChI is InChI=1S/C26H46O5/c1-5-9-12-15-18-29-24-21(8-4)22(27)23(28)25(30-19-16-13-10-6-2)26(24)31-20-17-14-11-7-3/h27-28H,5-20H2,1-4H3.